The molecule has 10 nitrogen and oxygen atoms in total. The highest BCUT2D eigenvalue weighted by molar-refractivity contribution is 7.89. The van der Waals surface area contributed by atoms with Crippen LogP contribution in [-0.4, -0.2) is 73.6 Å². The number of rotatable bonds is 8. The van der Waals surface area contributed by atoms with E-state index in [1.807, 2.05) is 39.0 Å². The Hall–Kier alpha value is -3.49. The maximum Gasteiger partial charge on any atom is 0.244 e. The van der Waals surface area contributed by atoms with Gasteiger partial charge in [-0.25, -0.2) is 8.42 Å². The van der Waals surface area contributed by atoms with Crippen LogP contribution >= 0.6 is 0 Å². The SMILES string of the molecule is CN([C@H](C(=O)N1C[C@H]2[C@@H]([C@H]1C(=O)N[C@H](C#N)C[C@@H]1CCNC1=O)C2(C)C)C(C)(C)C)S(=O)(=O)c1cccc2ccccc12. The van der Waals surface area contributed by atoms with Crippen molar-refractivity contribution in [3.05, 3.63) is 42.5 Å². The number of sulfonamides is 1. The molecule has 3 fully saturated rings. The van der Waals surface area contributed by atoms with Gasteiger partial charge in [0.25, 0.3) is 0 Å². The second-order valence-electron chi connectivity index (χ2n) is 13.9. The van der Waals surface area contributed by atoms with Crippen molar-refractivity contribution < 1.29 is 22.8 Å². The van der Waals surface area contributed by atoms with Crippen LogP contribution in [0.25, 0.3) is 10.8 Å². The van der Waals surface area contributed by atoms with Crippen molar-refractivity contribution in [2.24, 2.45) is 28.6 Å². The molecule has 3 amide bonds. The maximum absolute atomic E-state index is 14.5. The smallest absolute Gasteiger partial charge is 0.244 e. The average molecular weight is 608 g/mol. The highest BCUT2D eigenvalue weighted by Crippen LogP contribution is 2.65. The number of amides is 3. The van der Waals surface area contributed by atoms with Crippen molar-refractivity contribution in [3.63, 3.8) is 0 Å². The predicted octanol–water partition coefficient (Wildman–Crippen LogP) is 2.89. The van der Waals surface area contributed by atoms with Gasteiger partial charge in [-0.05, 0) is 47.0 Å². The van der Waals surface area contributed by atoms with Crippen LogP contribution < -0.4 is 10.6 Å². The number of carbonyl (C=O) groups excluding carboxylic acids is 3. The number of likely N-dealkylation sites (tertiary alicyclic amines) is 1. The van der Waals surface area contributed by atoms with Crippen LogP contribution in [0.2, 0.25) is 0 Å². The number of hydrogen-bond donors (Lipinski definition) is 2. The summed E-state index contributed by atoms with van der Waals surface area (Å²) in [5, 5.41) is 16.7. The second kappa shape index (κ2) is 10.9. The van der Waals surface area contributed by atoms with E-state index in [1.165, 1.54) is 11.9 Å². The van der Waals surface area contributed by atoms with E-state index in [0.29, 0.717) is 24.9 Å². The predicted molar refractivity (Wildman–Crippen MR) is 162 cm³/mol. The lowest BCUT2D eigenvalue weighted by atomic mass is 9.85. The Morgan fingerprint density at radius 2 is 1.86 bits per heavy atom. The summed E-state index contributed by atoms with van der Waals surface area (Å²) in [6.07, 6.45) is 0.798. The lowest BCUT2D eigenvalue weighted by Gasteiger charge is -2.41. The molecule has 1 aliphatic carbocycles. The fraction of sp³-hybridized carbons (Fsp3) is 0.562. The third kappa shape index (κ3) is 5.40. The summed E-state index contributed by atoms with van der Waals surface area (Å²) in [6, 6.07) is 11.6. The Morgan fingerprint density at radius 3 is 2.49 bits per heavy atom. The van der Waals surface area contributed by atoms with E-state index < -0.39 is 45.4 Å². The Morgan fingerprint density at radius 1 is 1.19 bits per heavy atom. The van der Waals surface area contributed by atoms with Gasteiger partial charge >= 0.3 is 0 Å². The summed E-state index contributed by atoms with van der Waals surface area (Å²) in [4.78, 5) is 42.0. The number of likely N-dealkylation sites (N-methyl/N-ethyl adjacent to an activating group) is 1. The van der Waals surface area contributed by atoms with E-state index in [9.17, 15) is 28.1 Å². The molecule has 2 N–H and O–H groups in total. The molecule has 11 heteroatoms. The first-order valence-corrected chi connectivity index (χ1v) is 16.3. The van der Waals surface area contributed by atoms with Crippen LogP contribution in [0.1, 0.15) is 47.5 Å². The summed E-state index contributed by atoms with van der Waals surface area (Å²) in [6.45, 7) is 10.4. The second-order valence-corrected chi connectivity index (χ2v) is 15.8. The molecule has 2 saturated heterocycles. The van der Waals surface area contributed by atoms with Crippen molar-refractivity contribution in [3.8, 4) is 6.07 Å². The monoisotopic (exact) mass is 607 g/mol. The minimum atomic E-state index is -4.12. The van der Waals surface area contributed by atoms with Crippen LogP contribution in [0.5, 0.6) is 0 Å². The number of nitriles is 1. The van der Waals surface area contributed by atoms with Gasteiger partial charge in [-0.2, -0.15) is 9.57 Å². The van der Waals surface area contributed by atoms with Crippen LogP contribution in [-0.2, 0) is 24.4 Å². The van der Waals surface area contributed by atoms with Gasteiger partial charge < -0.3 is 15.5 Å². The summed E-state index contributed by atoms with van der Waals surface area (Å²) >= 11 is 0. The molecule has 3 aliphatic rings. The molecule has 2 aromatic rings. The Labute approximate surface area is 253 Å². The molecule has 0 bridgehead atoms. The molecule has 0 radical (unpaired) electrons. The third-order valence-electron chi connectivity index (χ3n) is 9.74. The lowest BCUT2D eigenvalue weighted by Crippen LogP contribution is -2.60. The van der Waals surface area contributed by atoms with Gasteiger partial charge in [0.1, 0.15) is 18.1 Å². The van der Waals surface area contributed by atoms with Gasteiger partial charge in [-0.3, -0.25) is 14.4 Å². The van der Waals surface area contributed by atoms with Gasteiger partial charge in [-0.1, -0.05) is 71.0 Å². The van der Waals surface area contributed by atoms with Crippen LogP contribution in [0.4, 0.5) is 0 Å². The van der Waals surface area contributed by atoms with E-state index in [1.54, 1.807) is 24.3 Å². The highest BCUT2D eigenvalue weighted by atomic mass is 32.2. The number of piperidine rings is 1. The molecule has 1 saturated carbocycles. The summed E-state index contributed by atoms with van der Waals surface area (Å²) in [5.41, 5.74) is -0.984. The Bertz CT molecular complexity index is 1600. The first-order valence-electron chi connectivity index (χ1n) is 14.8. The van der Waals surface area contributed by atoms with Gasteiger partial charge in [0.2, 0.25) is 27.7 Å². The molecular weight excluding hydrogens is 566 g/mol. The molecule has 2 heterocycles. The van der Waals surface area contributed by atoms with E-state index >= 15 is 0 Å². The summed E-state index contributed by atoms with van der Waals surface area (Å²) < 4.78 is 29.4. The molecule has 2 aromatic carbocycles. The zero-order chi connectivity index (χ0) is 31.5. The fourth-order valence-corrected chi connectivity index (χ4v) is 9.02. The quantitative estimate of drug-likeness (QED) is 0.473. The first kappa shape index (κ1) is 31.0. The molecule has 2 aliphatic heterocycles. The Balaban J connectivity index is 1.44. The molecule has 43 heavy (non-hydrogen) atoms. The topological polar surface area (TPSA) is 140 Å². The summed E-state index contributed by atoms with van der Waals surface area (Å²) in [7, 11) is -2.69. The van der Waals surface area contributed by atoms with Gasteiger partial charge in [0, 0.05) is 31.4 Å². The number of fused-ring (bicyclic) bond motifs is 2. The molecule has 0 spiro atoms. The largest absolute Gasteiger partial charge is 0.356 e. The molecule has 5 rings (SSSR count). The number of carbonyl (C=O) groups is 3. The molecular formula is C32H41N5O5S. The van der Waals surface area contributed by atoms with E-state index in [2.05, 4.69) is 30.6 Å². The zero-order valence-electron chi connectivity index (χ0n) is 25.6. The third-order valence-corrected chi connectivity index (χ3v) is 11.6. The number of hydrogen-bond acceptors (Lipinski definition) is 6. The Kier molecular flexibility index (Phi) is 7.84. The van der Waals surface area contributed by atoms with Crippen molar-refractivity contribution in [1.82, 2.24) is 19.8 Å². The van der Waals surface area contributed by atoms with Gasteiger partial charge in [-0.15, -0.1) is 0 Å². The number of benzene rings is 2. The highest BCUT2D eigenvalue weighted by Gasteiger charge is 2.70. The van der Waals surface area contributed by atoms with Crippen molar-refractivity contribution in [1.29, 1.82) is 5.26 Å². The van der Waals surface area contributed by atoms with Crippen LogP contribution in [0.15, 0.2) is 47.4 Å². The fourth-order valence-electron chi connectivity index (χ4n) is 7.31. The van der Waals surface area contributed by atoms with Crippen molar-refractivity contribution >= 4 is 38.5 Å². The van der Waals surface area contributed by atoms with Crippen LogP contribution in [0, 0.1) is 39.9 Å². The minimum Gasteiger partial charge on any atom is -0.356 e. The standard InChI is InChI=1S/C32H41N5O5S/c1-31(2,3)27(36(6)43(41,42)24-13-9-11-19-10-7-8-12-22(19)24)30(40)37-18-23-25(32(23,4)5)26(37)29(39)35-21(17-33)16-20-14-15-34-28(20)38/h7-13,20-21,23,25-27H,14-16,18H2,1-6H3,(H,34,38)(H,35,39)/t20-,21-,23-,25-,26-,27+/m0/s1. The van der Waals surface area contributed by atoms with Gasteiger partial charge in [0.15, 0.2) is 0 Å². The van der Waals surface area contributed by atoms with Crippen molar-refractivity contribution in [2.45, 2.75) is 70.5 Å². The van der Waals surface area contributed by atoms with Gasteiger partial charge in [0.05, 0.1) is 11.0 Å². The van der Waals surface area contributed by atoms with E-state index in [0.717, 1.165) is 9.69 Å². The molecule has 6 atom stereocenters. The number of nitrogens with zero attached hydrogens (tertiary/aromatic N) is 3. The summed E-state index contributed by atoms with van der Waals surface area (Å²) in [5.74, 6) is -1.40. The molecule has 0 aromatic heterocycles. The maximum atomic E-state index is 14.5. The normalized spacial score (nSPS) is 26.0. The molecule has 230 valence electrons. The van der Waals surface area contributed by atoms with E-state index in [-0.39, 0.29) is 40.4 Å². The van der Waals surface area contributed by atoms with Crippen LogP contribution in [0.3, 0.4) is 0 Å². The zero-order valence-corrected chi connectivity index (χ0v) is 26.4. The lowest BCUT2D eigenvalue weighted by molar-refractivity contribution is -0.145. The minimum absolute atomic E-state index is 0.0777. The van der Waals surface area contributed by atoms with E-state index in [4.69, 9.17) is 0 Å². The first-order chi connectivity index (χ1) is 20.1. The number of nitrogens with one attached hydrogen (secondary N) is 2. The van der Waals surface area contributed by atoms with Crippen molar-refractivity contribution in [2.75, 3.05) is 20.1 Å². The average Bonchev–Trinajstić information content (AvgIpc) is 3.28. The molecule has 0 unspecified atom stereocenters.